The molecule has 0 aromatic carbocycles. The van der Waals surface area contributed by atoms with E-state index in [0.29, 0.717) is 12.4 Å². The van der Waals surface area contributed by atoms with E-state index in [0.717, 1.165) is 44.8 Å². The molecule has 1 fully saturated rings. The second kappa shape index (κ2) is 8.40. The number of nitrogens with zero attached hydrogens (tertiary/aromatic N) is 4. The van der Waals surface area contributed by atoms with E-state index >= 15 is 0 Å². The number of hydrogen-bond donors (Lipinski definition) is 1. The maximum absolute atomic E-state index is 12.0. The van der Waals surface area contributed by atoms with Crippen LogP contribution in [0.1, 0.15) is 51.9 Å². The zero-order chi connectivity index (χ0) is 16.8. The molecule has 0 spiro atoms. The van der Waals surface area contributed by atoms with Crippen molar-refractivity contribution in [1.82, 2.24) is 25.3 Å². The lowest BCUT2D eigenvalue weighted by molar-refractivity contribution is -0.123. The van der Waals surface area contributed by atoms with E-state index in [4.69, 9.17) is 4.52 Å². The molecule has 1 N–H and O–H groups in total. The number of aryl methyl sites for hydroxylation is 1. The first-order valence-electron chi connectivity index (χ1n) is 8.61. The van der Waals surface area contributed by atoms with Crippen LogP contribution in [0, 0.1) is 0 Å². The minimum Gasteiger partial charge on any atom is -0.353 e. The van der Waals surface area contributed by atoms with Gasteiger partial charge in [0.1, 0.15) is 0 Å². The highest BCUT2D eigenvalue weighted by atomic mass is 16.5. The van der Waals surface area contributed by atoms with Crippen molar-refractivity contribution < 1.29 is 9.32 Å². The molecule has 2 atom stereocenters. The molecule has 130 valence electrons. The summed E-state index contributed by atoms with van der Waals surface area (Å²) in [5, 5.41) is 6.98. The third-order valence-electron chi connectivity index (χ3n) is 4.50. The van der Waals surface area contributed by atoms with E-state index in [-0.39, 0.29) is 18.0 Å². The van der Waals surface area contributed by atoms with Crippen LogP contribution in [0.3, 0.4) is 0 Å². The molecule has 2 heterocycles. The van der Waals surface area contributed by atoms with Crippen molar-refractivity contribution in [3.8, 4) is 0 Å². The van der Waals surface area contributed by atoms with Crippen molar-refractivity contribution in [1.29, 1.82) is 0 Å². The fourth-order valence-electron chi connectivity index (χ4n) is 2.67. The highest BCUT2D eigenvalue weighted by Gasteiger charge is 2.26. The van der Waals surface area contributed by atoms with Gasteiger partial charge in [-0.25, -0.2) is 0 Å². The van der Waals surface area contributed by atoms with Gasteiger partial charge in [0.25, 0.3) is 0 Å². The Bertz CT molecular complexity index is 496. The second-order valence-electron chi connectivity index (χ2n) is 6.27. The first-order chi connectivity index (χ1) is 11.0. The van der Waals surface area contributed by atoms with Crippen molar-refractivity contribution in [2.45, 2.75) is 52.6 Å². The quantitative estimate of drug-likeness (QED) is 0.813. The number of piperazine rings is 1. The van der Waals surface area contributed by atoms with Crippen LogP contribution < -0.4 is 5.32 Å². The topological polar surface area (TPSA) is 74.5 Å². The Morgan fingerprint density at radius 2 is 1.96 bits per heavy atom. The SMILES string of the molecule is CCc1noc(C(C)N2CCN(CC(=O)NC(C)CC)CC2)n1. The molecule has 2 unspecified atom stereocenters. The molecule has 23 heavy (non-hydrogen) atoms. The van der Waals surface area contributed by atoms with Crippen LogP contribution in [0.15, 0.2) is 4.52 Å². The third-order valence-corrected chi connectivity index (χ3v) is 4.50. The molecule has 1 aromatic rings. The molecular weight excluding hydrogens is 294 g/mol. The smallest absolute Gasteiger partial charge is 0.243 e. The van der Waals surface area contributed by atoms with Crippen LogP contribution in [0.2, 0.25) is 0 Å². The van der Waals surface area contributed by atoms with Crippen LogP contribution in [-0.2, 0) is 11.2 Å². The van der Waals surface area contributed by atoms with Gasteiger partial charge in [-0.15, -0.1) is 0 Å². The summed E-state index contributed by atoms with van der Waals surface area (Å²) in [5.41, 5.74) is 0. The van der Waals surface area contributed by atoms with Crippen molar-refractivity contribution in [2.75, 3.05) is 32.7 Å². The van der Waals surface area contributed by atoms with Crippen molar-refractivity contribution in [3.05, 3.63) is 11.7 Å². The van der Waals surface area contributed by atoms with Crippen LogP contribution in [0.4, 0.5) is 0 Å². The number of nitrogens with one attached hydrogen (secondary N) is 1. The molecule has 1 saturated heterocycles. The van der Waals surface area contributed by atoms with Gasteiger partial charge in [-0.1, -0.05) is 19.0 Å². The molecule has 7 nitrogen and oxygen atoms in total. The van der Waals surface area contributed by atoms with E-state index in [2.05, 4.69) is 39.1 Å². The Hall–Kier alpha value is -1.47. The van der Waals surface area contributed by atoms with Crippen molar-refractivity contribution in [3.63, 3.8) is 0 Å². The number of amides is 1. The zero-order valence-electron chi connectivity index (χ0n) is 14.7. The highest BCUT2D eigenvalue weighted by Crippen LogP contribution is 2.20. The summed E-state index contributed by atoms with van der Waals surface area (Å²) in [6, 6.07) is 0.369. The second-order valence-corrected chi connectivity index (χ2v) is 6.27. The van der Waals surface area contributed by atoms with Gasteiger partial charge < -0.3 is 9.84 Å². The number of carbonyl (C=O) groups is 1. The molecule has 1 aromatic heterocycles. The summed E-state index contributed by atoms with van der Waals surface area (Å²) in [6.07, 6.45) is 1.75. The average Bonchev–Trinajstić information content (AvgIpc) is 3.03. The Labute approximate surface area is 138 Å². The van der Waals surface area contributed by atoms with Gasteiger partial charge in [-0.2, -0.15) is 4.98 Å². The molecular formula is C16H29N5O2. The first-order valence-corrected chi connectivity index (χ1v) is 8.61. The standard InChI is InChI=1S/C16H29N5O2/c1-5-12(3)17-15(22)11-20-7-9-21(10-8-20)13(4)16-18-14(6-2)19-23-16/h12-13H,5-11H2,1-4H3,(H,17,22). The van der Waals surface area contributed by atoms with Gasteiger partial charge in [0.2, 0.25) is 11.8 Å². The maximum atomic E-state index is 12.0. The molecule has 7 heteroatoms. The summed E-state index contributed by atoms with van der Waals surface area (Å²) in [7, 11) is 0. The molecule has 0 bridgehead atoms. The Morgan fingerprint density at radius 3 is 2.52 bits per heavy atom. The number of rotatable bonds is 7. The van der Waals surface area contributed by atoms with Gasteiger partial charge in [-0.3, -0.25) is 14.6 Å². The van der Waals surface area contributed by atoms with E-state index in [9.17, 15) is 4.79 Å². The average molecular weight is 323 g/mol. The van der Waals surface area contributed by atoms with Crippen LogP contribution >= 0.6 is 0 Å². The lowest BCUT2D eigenvalue weighted by Gasteiger charge is -2.36. The predicted molar refractivity (Wildman–Crippen MR) is 88.0 cm³/mol. The molecule has 1 aliphatic rings. The van der Waals surface area contributed by atoms with Gasteiger partial charge in [0.05, 0.1) is 12.6 Å². The summed E-state index contributed by atoms with van der Waals surface area (Å²) in [5.74, 6) is 1.56. The molecule has 0 aliphatic carbocycles. The van der Waals surface area contributed by atoms with E-state index < -0.39 is 0 Å². The minimum absolute atomic E-state index is 0.116. The lowest BCUT2D eigenvalue weighted by atomic mass is 10.2. The molecule has 1 amide bonds. The third kappa shape index (κ3) is 5.00. The Balaban J connectivity index is 1.78. The maximum Gasteiger partial charge on any atom is 0.243 e. The zero-order valence-corrected chi connectivity index (χ0v) is 14.7. The Morgan fingerprint density at radius 1 is 1.26 bits per heavy atom. The number of hydrogen-bond acceptors (Lipinski definition) is 6. The molecule has 0 radical (unpaired) electrons. The van der Waals surface area contributed by atoms with Gasteiger partial charge in [0.15, 0.2) is 5.82 Å². The minimum atomic E-state index is 0.116. The van der Waals surface area contributed by atoms with Crippen LogP contribution in [-0.4, -0.2) is 64.6 Å². The van der Waals surface area contributed by atoms with Crippen LogP contribution in [0.5, 0.6) is 0 Å². The monoisotopic (exact) mass is 323 g/mol. The van der Waals surface area contributed by atoms with Crippen LogP contribution in [0.25, 0.3) is 0 Å². The predicted octanol–water partition coefficient (Wildman–Crippen LogP) is 1.23. The van der Waals surface area contributed by atoms with Gasteiger partial charge in [0, 0.05) is 38.6 Å². The van der Waals surface area contributed by atoms with Crippen molar-refractivity contribution >= 4 is 5.91 Å². The highest BCUT2D eigenvalue weighted by molar-refractivity contribution is 5.78. The molecule has 0 saturated carbocycles. The number of carbonyl (C=O) groups excluding carboxylic acids is 1. The largest absolute Gasteiger partial charge is 0.353 e. The van der Waals surface area contributed by atoms with Crippen molar-refractivity contribution in [2.24, 2.45) is 0 Å². The van der Waals surface area contributed by atoms with Gasteiger partial charge in [-0.05, 0) is 20.3 Å². The summed E-state index contributed by atoms with van der Waals surface area (Å²) >= 11 is 0. The summed E-state index contributed by atoms with van der Waals surface area (Å²) < 4.78 is 5.34. The lowest BCUT2D eigenvalue weighted by Crippen LogP contribution is -2.50. The van der Waals surface area contributed by atoms with E-state index in [1.807, 2.05) is 13.8 Å². The normalized spacial score (nSPS) is 19.5. The first kappa shape index (κ1) is 17.9. The van der Waals surface area contributed by atoms with E-state index in [1.165, 1.54) is 0 Å². The molecule has 2 rings (SSSR count). The summed E-state index contributed by atoms with van der Waals surface area (Å²) in [6.45, 7) is 12.3. The van der Waals surface area contributed by atoms with E-state index in [1.54, 1.807) is 0 Å². The Kier molecular flexibility index (Phi) is 6.53. The number of aromatic nitrogens is 2. The van der Waals surface area contributed by atoms with Gasteiger partial charge >= 0.3 is 0 Å². The fourth-order valence-corrected chi connectivity index (χ4v) is 2.67. The molecule has 1 aliphatic heterocycles. The summed E-state index contributed by atoms with van der Waals surface area (Å²) in [4.78, 5) is 20.9. The fraction of sp³-hybridized carbons (Fsp3) is 0.812.